The smallest absolute Gasteiger partial charge is 0.182 e. The summed E-state index contributed by atoms with van der Waals surface area (Å²) >= 11 is 3.32. The number of nitrogens with one attached hydrogen (secondary N) is 1. The Bertz CT molecular complexity index is 653. The van der Waals surface area contributed by atoms with Crippen LogP contribution in [0, 0.1) is 12.3 Å². The van der Waals surface area contributed by atoms with Crippen LogP contribution in [-0.4, -0.2) is 15.3 Å². The minimum absolute atomic E-state index is 0. The first-order valence-corrected chi connectivity index (χ1v) is 6.99. The Kier molecular flexibility index (Phi) is 6.29. The highest BCUT2D eigenvalue weighted by Crippen LogP contribution is 2.05. The predicted octanol–water partition coefficient (Wildman–Crippen LogP) is 3.03. The maximum absolute atomic E-state index is 12.1. The van der Waals surface area contributed by atoms with E-state index in [4.69, 9.17) is 5.41 Å². The van der Waals surface area contributed by atoms with Gasteiger partial charge in [-0.15, -0.1) is 17.0 Å². The highest BCUT2D eigenvalue weighted by atomic mass is 79.9. The van der Waals surface area contributed by atoms with Crippen LogP contribution in [-0.2, 0) is 11.9 Å². The Morgan fingerprint density at radius 2 is 2.00 bits per heavy atom. The molecule has 0 radical (unpaired) electrons. The number of aryl methyl sites for hydroxylation is 1. The number of benzene rings is 1. The Balaban J connectivity index is 0.00000200. The van der Waals surface area contributed by atoms with Crippen LogP contribution in [0.3, 0.4) is 0 Å². The summed E-state index contributed by atoms with van der Waals surface area (Å²) in [6, 6.07) is 9.18. The molecule has 0 aliphatic carbocycles. The van der Waals surface area contributed by atoms with Crippen LogP contribution in [0.1, 0.15) is 21.7 Å². The fraction of sp³-hybridized carbons (Fsp3) is 0.214. The zero-order chi connectivity index (χ0) is 13.8. The summed E-state index contributed by atoms with van der Waals surface area (Å²) < 4.78 is 1.78. The summed E-state index contributed by atoms with van der Waals surface area (Å²) in [6.07, 6.45) is 1.81. The number of Topliss-reactive ketones (excluding diaryl/α,β-unsaturated/α-hetero) is 1. The fourth-order valence-electron chi connectivity index (χ4n) is 1.77. The zero-order valence-electron chi connectivity index (χ0n) is 11.0. The van der Waals surface area contributed by atoms with Gasteiger partial charge in [-0.3, -0.25) is 10.2 Å². The number of carbonyl (C=O) groups is 1. The van der Waals surface area contributed by atoms with E-state index in [1.165, 1.54) is 0 Å². The molecule has 1 heterocycles. The van der Waals surface area contributed by atoms with E-state index in [1.807, 2.05) is 18.2 Å². The molecular weight excluding hydrogens is 386 g/mol. The van der Waals surface area contributed by atoms with E-state index in [0.717, 1.165) is 5.56 Å². The molecule has 1 N–H and O–H groups in total. The van der Waals surface area contributed by atoms with Crippen molar-refractivity contribution in [3.8, 4) is 0 Å². The summed E-state index contributed by atoms with van der Waals surface area (Å²) in [4.78, 5) is 16.3. The van der Waals surface area contributed by atoms with Crippen LogP contribution >= 0.6 is 32.9 Å². The molecule has 0 unspecified atom stereocenters. The van der Waals surface area contributed by atoms with Crippen LogP contribution in [0.25, 0.3) is 0 Å². The van der Waals surface area contributed by atoms with Crippen molar-refractivity contribution >= 4 is 38.7 Å². The van der Waals surface area contributed by atoms with Crippen molar-refractivity contribution in [2.24, 2.45) is 0 Å². The third-order valence-electron chi connectivity index (χ3n) is 2.86. The lowest BCUT2D eigenvalue weighted by Crippen LogP contribution is -2.22. The second-order valence-corrected chi connectivity index (χ2v) is 4.77. The van der Waals surface area contributed by atoms with Crippen molar-refractivity contribution in [1.29, 1.82) is 5.41 Å². The number of nitrogens with zero attached hydrogens (tertiary/aromatic N) is 2. The molecule has 6 heteroatoms. The van der Waals surface area contributed by atoms with Gasteiger partial charge in [-0.05, 0) is 6.92 Å². The Morgan fingerprint density at radius 3 is 2.60 bits per heavy atom. The topological polar surface area (TPSA) is 58.7 Å². The van der Waals surface area contributed by atoms with E-state index in [2.05, 4.69) is 20.9 Å². The molecule has 0 aliphatic rings. The summed E-state index contributed by atoms with van der Waals surface area (Å²) in [6.45, 7) is 2.04. The van der Waals surface area contributed by atoms with E-state index >= 15 is 0 Å². The Hall–Kier alpha value is -1.27. The van der Waals surface area contributed by atoms with Gasteiger partial charge in [0.05, 0.1) is 6.54 Å². The molecule has 0 saturated heterocycles. The van der Waals surface area contributed by atoms with Crippen molar-refractivity contribution < 1.29 is 4.79 Å². The minimum atomic E-state index is 0. The molecule has 2 rings (SSSR count). The Labute approximate surface area is 136 Å². The molecule has 0 fully saturated rings. The van der Waals surface area contributed by atoms with E-state index in [-0.39, 0.29) is 34.8 Å². The number of rotatable bonds is 4. The van der Waals surface area contributed by atoms with E-state index < -0.39 is 0 Å². The number of alkyl halides is 1. The fourth-order valence-corrected chi connectivity index (χ4v) is 2.18. The standard InChI is InChI=1S/C14H14BrN3O.BrH/c1-10-17-14(16)12(7-15)8-18(10)9-13(19)11-5-3-2-4-6-11;/h2-6,8,16H,7,9H2,1H3;1H. The second kappa shape index (κ2) is 7.50. The molecule has 0 spiro atoms. The van der Waals surface area contributed by atoms with Gasteiger partial charge in [0.25, 0.3) is 0 Å². The lowest BCUT2D eigenvalue weighted by Gasteiger charge is -2.11. The normalized spacial score (nSPS) is 9.90. The van der Waals surface area contributed by atoms with Gasteiger partial charge in [-0.1, -0.05) is 46.3 Å². The molecular formula is C14H15Br2N3O. The summed E-state index contributed by atoms with van der Waals surface area (Å²) in [5, 5.41) is 8.27. The van der Waals surface area contributed by atoms with Gasteiger partial charge in [0.2, 0.25) is 0 Å². The summed E-state index contributed by atoms with van der Waals surface area (Å²) in [5.41, 5.74) is 1.70. The first kappa shape index (κ1) is 16.8. The molecule has 0 aliphatic heterocycles. The third-order valence-corrected chi connectivity index (χ3v) is 3.46. The van der Waals surface area contributed by atoms with Crippen molar-refractivity contribution in [3.05, 3.63) is 59.0 Å². The summed E-state index contributed by atoms with van der Waals surface area (Å²) in [5.74, 6) is 0.702. The first-order valence-electron chi connectivity index (χ1n) is 5.87. The van der Waals surface area contributed by atoms with Crippen LogP contribution in [0.4, 0.5) is 0 Å². The predicted molar refractivity (Wildman–Crippen MR) is 86.5 cm³/mol. The van der Waals surface area contributed by atoms with Gasteiger partial charge in [0, 0.05) is 22.7 Å². The quantitative estimate of drug-likeness (QED) is 0.633. The average molecular weight is 401 g/mol. The molecule has 4 nitrogen and oxygen atoms in total. The largest absolute Gasteiger partial charge is 0.328 e. The molecule has 0 saturated carbocycles. The lowest BCUT2D eigenvalue weighted by molar-refractivity contribution is 0.0970. The molecule has 0 bridgehead atoms. The molecule has 0 atom stereocenters. The van der Waals surface area contributed by atoms with Crippen molar-refractivity contribution in [3.63, 3.8) is 0 Å². The SMILES string of the molecule is Br.Cc1nc(=N)c(CBr)cn1CC(=O)c1ccccc1. The van der Waals surface area contributed by atoms with E-state index in [0.29, 0.717) is 16.7 Å². The molecule has 106 valence electrons. The van der Waals surface area contributed by atoms with Crippen molar-refractivity contribution in [2.45, 2.75) is 18.8 Å². The van der Waals surface area contributed by atoms with E-state index in [9.17, 15) is 4.79 Å². The summed E-state index contributed by atoms with van der Waals surface area (Å²) in [7, 11) is 0. The highest BCUT2D eigenvalue weighted by molar-refractivity contribution is 9.08. The van der Waals surface area contributed by atoms with E-state index in [1.54, 1.807) is 29.8 Å². The molecule has 2 aromatic rings. The van der Waals surface area contributed by atoms with Gasteiger partial charge in [-0.25, -0.2) is 4.98 Å². The van der Waals surface area contributed by atoms with Crippen LogP contribution in [0.2, 0.25) is 0 Å². The van der Waals surface area contributed by atoms with Gasteiger partial charge in [-0.2, -0.15) is 0 Å². The number of halogens is 2. The minimum Gasteiger partial charge on any atom is -0.328 e. The van der Waals surface area contributed by atoms with Gasteiger partial charge in [0.1, 0.15) is 5.82 Å². The van der Waals surface area contributed by atoms with Crippen molar-refractivity contribution in [1.82, 2.24) is 9.55 Å². The number of carbonyl (C=O) groups excluding carboxylic acids is 1. The third kappa shape index (κ3) is 3.86. The number of aromatic nitrogens is 2. The number of hydrogen-bond donors (Lipinski definition) is 1. The highest BCUT2D eigenvalue weighted by Gasteiger charge is 2.09. The van der Waals surface area contributed by atoms with Crippen molar-refractivity contribution in [2.75, 3.05) is 0 Å². The van der Waals surface area contributed by atoms with Crippen LogP contribution in [0.5, 0.6) is 0 Å². The zero-order valence-corrected chi connectivity index (χ0v) is 14.3. The maximum atomic E-state index is 12.1. The molecule has 0 amide bonds. The maximum Gasteiger partial charge on any atom is 0.182 e. The number of hydrogen-bond acceptors (Lipinski definition) is 3. The molecule has 1 aromatic carbocycles. The number of ketones is 1. The lowest BCUT2D eigenvalue weighted by atomic mass is 10.1. The van der Waals surface area contributed by atoms with Gasteiger partial charge < -0.3 is 4.57 Å². The van der Waals surface area contributed by atoms with Crippen LogP contribution in [0.15, 0.2) is 36.5 Å². The van der Waals surface area contributed by atoms with Gasteiger partial charge >= 0.3 is 0 Å². The Morgan fingerprint density at radius 1 is 1.35 bits per heavy atom. The monoisotopic (exact) mass is 399 g/mol. The van der Waals surface area contributed by atoms with Crippen LogP contribution < -0.4 is 5.49 Å². The average Bonchev–Trinajstić information content (AvgIpc) is 2.42. The second-order valence-electron chi connectivity index (χ2n) is 4.21. The molecule has 1 aromatic heterocycles. The first-order chi connectivity index (χ1) is 9.11. The molecule has 20 heavy (non-hydrogen) atoms. The van der Waals surface area contributed by atoms with Gasteiger partial charge in [0.15, 0.2) is 11.3 Å².